The second-order valence-electron chi connectivity index (χ2n) is 4.31. The fourth-order valence-corrected chi connectivity index (χ4v) is 2.45. The van der Waals surface area contributed by atoms with E-state index >= 15 is 0 Å². The number of carbonyl (C=O) groups excluding carboxylic acids is 2. The lowest BCUT2D eigenvalue weighted by atomic mass is 10.4. The molecule has 3 amide bonds. The van der Waals surface area contributed by atoms with Gasteiger partial charge in [-0.15, -0.1) is 11.8 Å². The number of nitrogens with one attached hydrogen (secondary N) is 2. The van der Waals surface area contributed by atoms with Crippen LogP contribution in [-0.4, -0.2) is 23.2 Å². The van der Waals surface area contributed by atoms with Gasteiger partial charge in [-0.3, -0.25) is 10.1 Å². The number of carbonyl (C=O) groups is 2. The van der Waals surface area contributed by atoms with Gasteiger partial charge < -0.3 is 5.32 Å². The van der Waals surface area contributed by atoms with Gasteiger partial charge in [-0.05, 0) is 32.9 Å². The van der Waals surface area contributed by atoms with E-state index in [9.17, 15) is 9.59 Å². The quantitative estimate of drug-likeness (QED) is 0.840. The first-order valence-electron chi connectivity index (χ1n) is 5.92. The number of hydrogen-bond acceptors (Lipinski definition) is 3. The molecule has 0 aliphatic rings. The highest BCUT2D eigenvalue weighted by Gasteiger charge is 2.18. The van der Waals surface area contributed by atoms with Crippen LogP contribution < -0.4 is 10.6 Å². The molecule has 0 heterocycles. The average Bonchev–Trinajstić information content (AvgIpc) is 2.30. The first-order valence-corrected chi connectivity index (χ1v) is 7.18. The summed E-state index contributed by atoms with van der Waals surface area (Å²) < 4.78 is 0. The zero-order valence-electron chi connectivity index (χ0n) is 11.1. The van der Waals surface area contributed by atoms with E-state index < -0.39 is 11.3 Å². The van der Waals surface area contributed by atoms with Crippen LogP contribution in [0, 0.1) is 0 Å². The average molecular weight is 301 g/mol. The fraction of sp³-hybridized carbons (Fsp3) is 0.385. The smallest absolute Gasteiger partial charge is 0.321 e. The van der Waals surface area contributed by atoms with E-state index in [1.165, 1.54) is 11.8 Å². The Morgan fingerprint density at radius 2 is 1.84 bits per heavy atom. The molecular weight excluding hydrogens is 284 g/mol. The summed E-state index contributed by atoms with van der Waals surface area (Å²) in [6, 6.07) is 6.79. The first-order chi connectivity index (χ1) is 8.90. The summed E-state index contributed by atoms with van der Waals surface area (Å²) >= 11 is 7.33. The van der Waals surface area contributed by atoms with E-state index in [4.69, 9.17) is 11.6 Å². The largest absolute Gasteiger partial charge is 0.336 e. The maximum absolute atomic E-state index is 11.8. The highest BCUT2D eigenvalue weighted by Crippen LogP contribution is 2.29. The molecule has 2 N–H and O–H groups in total. The lowest BCUT2D eigenvalue weighted by Gasteiger charge is -2.13. The van der Waals surface area contributed by atoms with Crippen molar-refractivity contribution in [3.63, 3.8) is 0 Å². The van der Waals surface area contributed by atoms with Crippen LogP contribution in [0.5, 0.6) is 0 Å². The topological polar surface area (TPSA) is 58.2 Å². The highest BCUT2D eigenvalue weighted by atomic mass is 35.5. The zero-order valence-corrected chi connectivity index (χ0v) is 12.6. The van der Waals surface area contributed by atoms with E-state index in [-0.39, 0.29) is 11.9 Å². The zero-order chi connectivity index (χ0) is 14.4. The fourth-order valence-electron chi connectivity index (χ4n) is 1.30. The second-order valence-corrected chi connectivity index (χ2v) is 6.10. The van der Waals surface area contributed by atoms with Crippen molar-refractivity contribution in [3.05, 3.63) is 29.3 Å². The molecule has 1 atom stereocenters. The van der Waals surface area contributed by atoms with Crippen molar-refractivity contribution in [1.82, 2.24) is 10.6 Å². The van der Waals surface area contributed by atoms with Gasteiger partial charge in [0.2, 0.25) is 5.91 Å². The molecule has 6 heteroatoms. The predicted octanol–water partition coefficient (Wildman–Crippen LogP) is 3.05. The minimum absolute atomic E-state index is 0.0145. The second kappa shape index (κ2) is 7.40. The van der Waals surface area contributed by atoms with Gasteiger partial charge in [-0.1, -0.05) is 23.7 Å². The summed E-state index contributed by atoms with van der Waals surface area (Å²) in [6.07, 6.45) is 0. The molecule has 0 aliphatic heterocycles. The van der Waals surface area contributed by atoms with Gasteiger partial charge in [0, 0.05) is 10.9 Å². The number of imide groups is 1. The van der Waals surface area contributed by atoms with Gasteiger partial charge >= 0.3 is 6.03 Å². The van der Waals surface area contributed by atoms with Gasteiger partial charge in [0.15, 0.2) is 0 Å². The van der Waals surface area contributed by atoms with Crippen LogP contribution in [0.15, 0.2) is 29.2 Å². The van der Waals surface area contributed by atoms with Crippen molar-refractivity contribution >= 4 is 35.3 Å². The normalized spacial score (nSPS) is 12.1. The molecule has 104 valence electrons. The highest BCUT2D eigenvalue weighted by molar-refractivity contribution is 8.00. The van der Waals surface area contributed by atoms with Crippen LogP contribution in [0.1, 0.15) is 20.8 Å². The van der Waals surface area contributed by atoms with Crippen LogP contribution in [0.2, 0.25) is 5.02 Å². The third kappa shape index (κ3) is 5.53. The molecule has 1 aromatic carbocycles. The van der Waals surface area contributed by atoms with Crippen molar-refractivity contribution in [1.29, 1.82) is 0 Å². The van der Waals surface area contributed by atoms with Crippen LogP contribution in [0.25, 0.3) is 0 Å². The molecule has 0 unspecified atom stereocenters. The minimum Gasteiger partial charge on any atom is -0.336 e. The SMILES string of the molecule is CC(C)NC(=O)NC(=O)[C@@H](C)Sc1ccccc1Cl. The molecule has 0 spiro atoms. The molecule has 0 bridgehead atoms. The van der Waals surface area contributed by atoms with E-state index in [0.29, 0.717) is 5.02 Å². The number of thioether (sulfide) groups is 1. The van der Waals surface area contributed by atoms with Crippen LogP contribution in [0.4, 0.5) is 4.79 Å². The number of hydrogen-bond donors (Lipinski definition) is 2. The van der Waals surface area contributed by atoms with Gasteiger partial charge in [-0.2, -0.15) is 0 Å². The molecule has 4 nitrogen and oxygen atoms in total. The minimum atomic E-state index is -0.480. The van der Waals surface area contributed by atoms with Crippen LogP contribution in [0.3, 0.4) is 0 Å². The molecule has 0 saturated carbocycles. The van der Waals surface area contributed by atoms with Crippen molar-refractivity contribution in [2.75, 3.05) is 0 Å². The molecule has 0 aromatic heterocycles. The van der Waals surface area contributed by atoms with Gasteiger partial charge in [0.05, 0.1) is 10.3 Å². The molecule has 0 fully saturated rings. The number of rotatable bonds is 4. The summed E-state index contributed by atoms with van der Waals surface area (Å²) in [5, 5.41) is 5.09. The number of urea groups is 1. The number of benzene rings is 1. The third-order valence-electron chi connectivity index (χ3n) is 2.17. The maximum Gasteiger partial charge on any atom is 0.321 e. The number of amides is 3. The summed E-state index contributed by atoms with van der Waals surface area (Å²) in [6.45, 7) is 5.38. The Morgan fingerprint density at radius 1 is 1.21 bits per heavy atom. The Labute approximate surface area is 122 Å². The maximum atomic E-state index is 11.8. The predicted molar refractivity (Wildman–Crippen MR) is 78.6 cm³/mol. The Kier molecular flexibility index (Phi) is 6.18. The van der Waals surface area contributed by atoms with Gasteiger partial charge in [0.1, 0.15) is 0 Å². The summed E-state index contributed by atoms with van der Waals surface area (Å²) in [4.78, 5) is 24.0. The molecular formula is C13H17ClN2O2S. The van der Waals surface area contributed by atoms with Crippen molar-refractivity contribution in [2.24, 2.45) is 0 Å². The van der Waals surface area contributed by atoms with Crippen LogP contribution >= 0.6 is 23.4 Å². The summed E-state index contributed by atoms with van der Waals surface area (Å²) in [5.74, 6) is -0.344. The lowest BCUT2D eigenvalue weighted by molar-refractivity contribution is -0.119. The first kappa shape index (κ1) is 15.9. The van der Waals surface area contributed by atoms with Gasteiger partial charge in [-0.25, -0.2) is 4.79 Å². The lowest BCUT2D eigenvalue weighted by Crippen LogP contribution is -2.45. The Hall–Kier alpha value is -1.20. The monoisotopic (exact) mass is 300 g/mol. The summed E-state index contributed by atoms with van der Waals surface area (Å²) in [5.41, 5.74) is 0. The van der Waals surface area contributed by atoms with Crippen LogP contribution in [-0.2, 0) is 4.79 Å². The van der Waals surface area contributed by atoms with Gasteiger partial charge in [0.25, 0.3) is 0 Å². The standard InChI is InChI=1S/C13H17ClN2O2S/c1-8(2)15-13(18)16-12(17)9(3)19-11-7-5-4-6-10(11)14/h4-9H,1-3H3,(H2,15,16,17,18)/t9-/m1/s1. The summed E-state index contributed by atoms with van der Waals surface area (Å²) in [7, 11) is 0. The van der Waals surface area contributed by atoms with E-state index in [0.717, 1.165) is 4.90 Å². The van der Waals surface area contributed by atoms with E-state index in [2.05, 4.69) is 10.6 Å². The molecule has 1 rings (SSSR count). The molecule has 19 heavy (non-hydrogen) atoms. The van der Waals surface area contributed by atoms with Crippen molar-refractivity contribution in [2.45, 2.75) is 37.0 Å². The molecule has 0 aliphatic carbocycles. The Morgan fingerprint density at radius 3 is 2.42 bits per heavy atom. The Balaban J connectivity index is 2.54. The van der Waals surface area contributed by atoms with Crippen molar-refractivity contribution < 1.29 is 9.59 Å². The Bertz CT molecular complexity index is 466. The number of halogens is 1. The molecule has 0 saturated heterocycles. The van der Waals surface area contributed by atoms with E-state index in [1.54, 1.807) is 13.0 Å². The van der Waals surface area contributed by atoms with Crippen molar-refractivity contribution in [3.8, 4) is 0 Å². The molecule has 1 aromatic rings. The third-order valence-corrected chi connectivity index (χ3v) is 3.79. The van der Waals surface area contributed by atoms with E-state index in [1.807, 2.05) is 32.0 Å². The molecule has 0 radical (unpaired) electrons.